The quantitative estimate of drug-likeness (QED) is 0.713. The minimum Gasteiger partial charge on any atom is -0.381 e. The number of nitrogens with one attached hydrogen (secondary N) is 3. The molecule has 2 amide bonds. The van der Waals surface area contributed by atoms with Crippen molar-refractivity contribution in [2.75, 3.05) is 5.32 Å². The molecule has 2 aromatic rings. The van der Waals surface area contributed by atoms with Crippen LogP contribution in [-0.2, 0) is 6.54 Å². The Hall–Kier alpha value is -2.56. The van der Waals surface area contributed by atoms with Gasteiger partial charge in [-0.05, 0) is 29.8 Å². The second-order valence-electron chi connectivity index (χ2n) is 4.12. The molecule has 90 valence electrons. The molecule has 1 aromatic heterocycles. The molecule has 0 unspecified atom stereocenters. The summed E-state index contributed by atoms with van der Waals surface area (Å²) in [7, 11) is 0. The third-order valence-electron chi connectivity index (χ3n) is 2.89. The van der Waals surface area contributed by atoms with Gasteiger partial charge in [-0.15, -0.1) is 0 Å². The van der Waals surface area contributed by atoms with Crippen molar-refractivity contribution < 1.29 is 9.59 Å². The summed E-state index contributed by atoms with van der Waals surface area (Å²) in [5.74, 6) is -0.660. The first-order valence-electron chi connectivity index (χ1n) is 5.59. The molecular formula is C13H11N3O2. The Balaban J connectivity index is 1.81. The van der Waals surface area contributed by atoms with Gasteiger partial charge in [0.05, 0.1) is 11.1 Å². The Labute approximate surface area is 103 Å². The number of amides is 2. The van der Waals surface area contributed by atoms with E-state index in [1.807, 2.05) is 18.5 Å². The molecule has 2 heterocycles. The topological polar surface area (TPSA) is 74.0 Å². The van der Waals surface area contributed by atoms with Gasteiger partial charge < -0.3 is 10.3 Å². The van der Waals surface area contributed by atoms with E-state index in [-0.39, 0.29) is 11.8 Å². The molecule has 1 aliphatic rings. The number of rotatable bonds is 3. The van der Waals surface area contributed by atoms with Crippen LogP contribution in [0.25, 0.3) is 0 Å². The SMILES string of the molecule is O=C1NC(=O)c2cc(NCc3cc[nH]c3)ccc21. The standard InChI is InChI=1S/C13H11N3O2/c17-12-10-2-1-9(5-11(10)13(18)16-12)15-7-8-3-4-14-6-8/h1-6,14-15H,7H2,(H,16,17,18). The first kappa shape index (κ1) is 10.6. The molecule has 0 fully saturated rings. The number of anilines is 1. The molecule has 18 heavy (non-hydrogen) atoms. The van der Waals surface area contributed by atoms with Crippen LogP contribution in [0.5, 0.6) is 0 Å². The molecule has 5 nitrogen and oxygen atoms in total. The number of aromatic nitrogens is 1. The van der Waals surface area contributed by atoms with Crippen molar-refractivity contribution >= 4 is 17.5 Å². The molecule has 3 rings (SSSR count). The lowest BCUT2D eigenvalue weighted by Gasteiger charge is -2.05. The summed E-state index contributed by atoms with van der Waals surface area (Å²) in [5, 5.41) is 5.47. The monoisotopic (exact) mass is 241 g/mol. The van der Waals surface area contributed by atoms with E-state index < -0.39 is 0 Å². The molecule has 0 atom stereocenters. The van der Waals surface area contributed by atoms with Crippen molar-refractivity contribution in [2.24, 2.45) is 0 Å². The molecule has 1 aliphatic heterocycles. The summed E-state index contributed by atoms with van der Waals surface area (Å²) >= 11 is 0. The average molecular weight is 241 g/mol. The summed E-state index contributed by atoms with van der Waals surface area (Å²) in [5.41, 5.74) is 2.81. The number of H-pyrrole nitrogens is 1. The molecule has 0 bridgehead atoms. The fourth-order valence-corrected chi connectivity index (χ4v) is 1.95. The van der Waals surface area contributed by atoms with Gasteiger partial charge in [0, 0.05) is 24.6 Å². The van der Waals surface area contributed by atoms with Gasteiger partial charge in [0.2, 0.25) is 0 Å². The lowest BCUT2D eigenvalue weighted by atomic mass is 10.1. The second-order valence-corrected chi connectivity index (χ2v) is 4.12. The van der Waals surface area contributed by atoms with Crippen LogP contribution >= 0.6 is 0 Å². The van der Waals surface area contributed by atoms with Crippen molar-refractivity contribution in [3.63, 3.8) is 0 Å². The summed E-state index contributed by atoms with van der Waals surface area (Å²) in [6.07, 6.45) is 3.75. The lowest BCUT2D eigenvalue weighted by Crippen LogP contribution is -2.19. The number of carbonyl (C=O) groups excluding carboxylic acids is 2. The first-order chi connectivity index (χ1) is 8.74. The van der Waals surface area contributed by atoms with E-state index in [1.54, 1.807) is 18.2 Å². The van der Waals surface area contributed by atoms with Crippen molar-refractivity contribution in [1.29, 1.82) is 0 Å². The Morgan fingerprint density at radius 2 is 1.89 bits per heavy atom. The molecule has 0 aliphatic carbocycles. The van der Waals surface area contributed by atoms with E-state index >= 15 is 0 Å². The zero-order chi connectivity index (χ0) is 12.5. The van der Waals surface area contributed by atoms with Crippen LogP contribution in [0.3, 0.4) is 0 Å². The van der Waals surface area contributed by atoms with Gasteiger partial charge in [-0.25, -0.2) is 0 Å². The van der Waals surface area contributed by atoms with Gasteiger partial charge in [-0.3, -0.25) is 14.9 Å². The Bertz CT molecular complexity index is 617. The zero-order valence-corrected chi connectivity index (χ0v) is 9.49. The lowest BCUT2D eigenvalue weighted by molar-refractivity contribution is 0.0879. The predicted molar refractivity (Wildman–Crippen MR) is 66.4 cm³/mol. The van der Waals surface area contributed by atoms with Crippen LogP contribution in [0.15, 0.2) is 36.7 Å². The average Bonchev–Trinajstić information content (AvgIpc) is 2.97. The van der Waals surface area contributed by atoms with Gasteiger partial charge in [-0.2, -0.15) is 0 Å². The van der Waals surface area contributed by atoms with Crippen molar-refractivity contribution in [1.82, 2.24) is 10.3 Å². The second kappa shape index (κ2) is 4.03. The van der Waals surface area contributed by atoms with E-state index in [0.29, 0.717) is 17.7 Å². The smallest absolute Gasteiger partial charge is 0.259 e. The van der Waals surface area contributed by atoms with Gasteiger partial charge in [0.1, 0.15) is 0 Å². The van der Waals surface area contributed by atoms with Gasteiger partial charge in [0.25, 0.3) is 11.8 Å². The first-order valence-corrected chi connectivity index (χ1v) is 5.59. The van der Waals surface area contributed by atoms with E-state index in [0.717, 1.165) is 11.3 Å². The summed E-state index contributed by atoms with van der Waals surface area (Å²) in [6.45, 7) is 0.665. The Kier molecular flexibility index (Phi) is 2.37. The predicted octanol–water partition coefficient (Wildman–Crippen LogP) is 1.51. The zero-order valence-electron chi connectivity index (χ0n) is 9.49. The van der Waals surface area contributed by atoms with E-state index in [1.165, 1.54) is 0 Å². The molecule has 0 saturated heterocycles. The molecule has 0 saturated carbocycles. The van der Waals surface area contributed by atoms with Crippen LogP contribution in [0.1, 0.15) is 26.3 Å². The normalized spacial score (nSPS) is 13.3. The summed E-state index contributed by atoms with van der Waals surface area (Å²) < 4.78 is 0. The van der Waals surface area contributed by atoms with Crippen LogP contribution < -0.4 is 10.6 Å². The van der Waals surface area contributed by atoms with Crippen molar-refractivity contribution in [3.8, 4) is 0 Å². The molecule has 3 N–H and O–H groups in total. The summed E-state index contributed by atoms with van der Waals surface area (Å²) in [6, 6.07) is 7.12. The number of imide groups is 1. The maximum Gasteiger partial charge on any atom is 0.259 e. The third kappa shape index (κ3) is 1.75. The largest absolute Gasteiger partial charge is 0.381 e. The molecule has 0 spiro atoms. The minimum atomic E-state index is -0.333. The number of carbonyl (C=O) groups is 2. The van der Waals surface area contributed by atoms with Crippen LogP contribution in [0.4, 0.5) is 5.69 Å². The highest BCUT2D eigenvalue weighted by molar-refractivity contribution is 6.21. The van der Waals surface area contributed by atoms with Crippen LogP contribution in [0.2, 0.25) is 0 Å². The highest BCUT2D eigenvalue weighted by atomic mass is 16.2. The van der Waals surface area contributed by atoms with Gasteiger partial charge in [-0.1, -0.05) is 0 Å². The number of benzene rings is 1. The van der Waals surface area contributed by atoms with E-state index in [2.05, 4.69) is 15.6 Å². The maximum atomic E-state index is 11.5. The Morgan fingerprint density at radius 3 is 2.67 bits per heavy atom. The molecule has 0 radical (unpaired) electrons. The van der Waals surface area contributed by atoms with Crippen LogP contribution in [-0.4, -0.2) is 16.8 Å². The molecular weight excluding hydrogens is 230 g/mol. The maximum absolute atomic E-state index is 11.5. The number of hydrogen-bond acceptors (Lipinski definition) is 3. The number of fused-ring (bicyclic) bond motifs is 1. The molecule has 5 heteroatoms. The number of aromatic amines is 1. The van der Waals surface area contributed by atoms with Gasteiger partial charge in [0.15, 0.2) is 0 Å². The highest BCUT2D eigenvalue weighted by Gasteiger charge is 2.26. The van der Waals surface area contributed by atoms with Gasteiger partial charge >= 0.3 is 0 Å². The fraction of sp³-hybridized carbons (Fsp3) is 0.0769. The van der Waals surface area contributed by atoms with Crippen molar-refractivity contribution in [2.45, 2.75) is 6.54 Å². The van der Waals surface area contributed by atoms with Crippen LogP contribution in [0, 0.1) is 0 Å². The van der Waals surface area contributed by atoms with Crippen molar-refractivity contribution in [3.05, 3.63) is 53.3 Å². The third-order valence-corrected chi connectivity index (χ3v) is 2.89. The Morgan fingerprint density at radius 1 is 1.06 bits per heavy atom. The number of hydrogen-bond donors (Lipinski definition) is 3. The van der Waals surface area contributed by atoms with E-state index in [9.17, 15) is 9.59 Å². The van der Waals surface area contributed by atoms with E-state index in [4.69, 9.17) is 0 Å². The highest BCUT2D eigenvalue weighted by Crippen LogP contribution is 2.20. The fourth-order valence-electron chi connectivity index (χ4n) is 1.95. The summed E-state index contributed by atoms with van der Waals surface area (Å²) in [4.78, 5) is 25.8. The molecule has 1 aromatic carbocycles. The minimum absolute atomic E-state index is 0.327.